The van der Waals surface area contributed by atoms with Crippen molar-refractivity contribution in [2.24, 2.45) is 17.8 Å². The van der Waals surface area contributed by atoms with Crippen LogP contribution in [0.1, 0.15) is 38.5 Å². The Kier molecular flexibility index (Phi) is 6.02. The van der Waals surface area contributed by atoms with E-state index in [4.69, 9.17) is 5.11 Å². The number of carboxylic acids is 1. The lowest BCUT2D eigenvalue weighted by Crippen LogP contribution is -2.42. The van der Waals surface area contributed by atoms with Gasteiger partial charge in [-0.15, -0.1) is 0 Å². The fourth-order valence-electron chi connectivity index (χ4n) is 3.44. The number of nitrogens with one attached hydrogen (secondary N) is 1. The Bertz CT molecular complexity index is 532. The summed E-state index contributed by atoms with van der Waals surface area (Å²) in [5.74, 6) is -0.825. The predicted molar refractivity (Wildman–Crippen MR) is 85.2 cm³/mol. The number of nitrogens with zero attached hydrogens (tertiary/aromatic N) is 1. The first-order valence-electron chi connectivity index (χ1n) is 8.23. The summed E-state index contributed by atoms with van der Waals surface area (Å²) in [5.41, 5.74) is 0. The number of sulfonamides is 1. The molecule has 2 N–H and O–H groups in total. The monoisotopic (exact) mass is 346 g/mol. The van der Waals surface area contributed by atoms with Gasteiger partial charge in [-0.2, -0.15) is 0 Å². The second kappa shape index (κ2) is 7.61. The molecule has 23 heavy (non-hydrogen) atoms. The maximum Gasteiger partial charge on any atom is 0.306 e. The lowest BCUT2D eigenvalue weighted by molar-refractivity contribution is -0.144. The summed E-state index contributed by atoms with van der Waals surface area (Å²) in [4.78, 5) is 23.1. The van der Waals surface area contributed by atoms with E-state index < -0.39 is 16.0 Å². The van der Waals surface area contributed by atoms with Crippen molar-refractivity contribution in [2.45, 2.75) is 38.5 Å². The molecule has 7 nitrogen and oxygen atoms in total. The molecular formula is C15H26N2O5S. The van der Waals surface area contributed by atoms with Crippen molar-refractivity contribution in [3.05, 3.63) is 0 Å². The lowest BCUT2D eigenvalue weighted by Gasteiger charge is -2.31. The molecule has 0 aromatic rings. The van der Waals surface area contributed by atoms with Gasteiger partial charge in [-0.25, -0.2) is 12.7 Å². The van der Waals surface area contributed by atoms with E-state index in [-0.39, 0.29) is 17.7 Å². The van der Waals surface area contributed by atoms with Crippen LogP contribution in [-0.4, -0.2) is 55.6 Å². The molecule has 0 radical (unpaired) electrons. The molecule has 2 rings (SSSR count). The van der Waals surface area contributed by atoms with E-state index in [9.17, 15) is 18.0 Å². The molecule has 8 heteroatoms. The van der Waals surface area contributed by atoms with Crippen molar-refractivity contribution in [1.82, 2.24) is 9.62 Å². The molecule has 1 aliphatic carbocycles. The largest absolute Gasteiger partial charge is 0.481 e. The lowest BCUT2D eigenvalue weighted by atomic mass is 9.81. The number of carboxylic acid groups (broad SMARTS) is 1. The summed E-state index contributed by atoms with van der Waals surface area (Å²) in [5, 5.41) is 11.9. The highest BCUT2D eigenvalue weighted by atomic mass is 32.2. The van der Waals surface area contributed by atoms with Crippen LogP contribution in [0.15, 0.2) is 0 Å². The van der Waals surface area contributed by atoms with Crippen LogP contribution in [0.2, 0.25) is 0 Å². The Hall–Kier alpha value is -1.15. The van der Waals surface area contributed by atoms with Crippen molar-refractivity contribution < 1.29 is 23.1 Å². The van der Waals surface area contributed by atoms with Gasteiger partial charge in [-0.05, 0) is 44.4 Å². The van der Waals surface area contributed by atoms with Crippen molar-refractivity contribution >= 4 is 21.9 Å². The molecule has 1 saturated carbocycles. The minimum atomic E-state index is -3.11. The van der Waals surface area contributed by atoms with E-state index in [1.54, 1.807) is 0 Å². The molecule has 0 aromatic heterocycles. The summed E-state index contributed by atoms with van der Waals surface area (Å²) in [7, 11) is -3.11. The number of hydrogen-bond donors (Lipinski definition) is 2. The van der Waals surface area contributed by atoms with Gasteiger partial charge in [0.15, 0.2) is 0 Å². The van der Waals surface area contributed by atoms with Gasteiger partial charge in [0.25, 0.3) is 0 Å². The fraction of sp³-hybridized carbons (Fsp3) is 0.867. The van der Waals surface area contributed by atoms with Gasteiger partial charge >= 0.3 is 5.97 Å². The minimum absolute atomic E-state index is 0.0133. The number of hydrogen-bond acceptors (Lipinski definition) is 4. The molecule has 0 bridgehead atoms. The molecule has 1 amide bonds. The first kappa shape index (κ1) is 18.2. The third-order valence-electron chi connectivity index (χ3n) is 5.05. The molecule has 0 atom stereocenters. The molecule has 0 spiro atoms. The topological polar surface area (TPSA) is 104 Å². The second-order valence-corrected chi connectivity index (χ2v) is 8.72. The summed E-state index contributed by atoms with van der Waals surface area (Å²) in [6.45, 7) is 1.61. The quantitative estimate of drug-likeness (QED) is 0.761. The molecule has 1 aliphatic heterocycles. The smallest absolute Gasteiger partial charge is 0.306 e. The van der Waals surface area contributed by atoms with Crippen LogP contribution in [0, 0.1) is 17.8 Å². The van der Waals surface area contributed by atoms with Crippen molar-refractivity contribution in [3.63, 3.8) is 0 Å². The number of carbonyl (C=O) groups is 2. The van der Waals surface area contributed by atoms with Crippen molar-refractivity contribution in [1.29, 1.82) is 0 Å². The first-order chi connectivity index (χ1) is 10.8. The molecule has 0 aromatic carbocycles. The van der Waals surface area contributed by atoms with E-state index in [2.05, 4.69) is 5.32 Å². The number of amides is 1. The predicted octanol–water partition coefficient (Wildman–Crippen LogP) is 0.665. The zero-order chi connectivity index (χ0) is 17.0. The Labute approximate surface area is 137 Å². The third-order valence-corrected chi connectivity index (χ3v) is 6.36. The van der Waals surface area contributed by atoms with Crippen LogP contribution >= 0.6 is 0 Å². The van der Waals surface area contributed by atoms with Gasteiger partial charge in [-0.3, -0.25) is 9.59 Å². The van der Waals surface area contributed by atoms with E-state index in [0.717, 1.165) is 12.8 Å². The van der Waals surface area contributed by atoms with Gasteiger partial charge in [0.05, 0.1) is 12.2 Å². The molecule has 1 heterocycles. The normalized spacial score (nSPS) is 27.5. The van der Waals surface area contributed by atoms with Gasteiger partial charge < -0.3 is 10.4 Å². The zero-order valence-electron chi connectivity index (χ0n) is 13.5. The Morgan fingerprint density at radius 2 is 1.57 bits per heavy atom. The van der Waals surface area contributed by atoms with Crippen LogP contribution in [-0.2, 0) is 19.6 Å². The molecule has 2 aliphatic rings. The molecule has 1 saturated heterocycles. The van der Waals surface area contributed by atoms with Gasteiger partial charge in [-0.1, -0.05) is 0 Å². The third kappa shape index (κ3) is 5.17. The second-order valence-electron chi connectivity index (χ2n) is 6.74. The zero-order valence-corrected chi connectivity index (χ0v) is 14.3. The standard InChI is InChI=1S/C15H26N2O5S/c1-23(21,22)17-8-6-11(7-9-17)10-16-14(18)12-2-4-13(5-3-12)15(19)20/h11-13H,2-10H2,1H3,(H,16,18)(H,19,20). The van der Waals surface area contributed by atoms with Crippen molar-refractivity contribution in [3.8, 4) is 0 Å². The number of aliphatic carboxylic acids is 1. The molecule has 132 valence electrons. The maximum absolute atomic E-state index is 12.2. The Morgan fingerprint density at radius 3 is 2.04 bits per heavy atom. The SMILES string of the molecule is CS(=O)(=O)N1CCC(CNC(=O)C2CCC(C(=O)O)CC2)CC1. The number of carbonyl (C=O) groups excluding carboxylic acids is 1. The van der Waals surface area contributed by atoms with Gasteiger partial charge in [0, 0.05) is 25.6 Å². The van der Waals surface area contributed by atoms with Crippen LogP contribution in [0.5, 0.6) is 0 Å². The average Bonchev–Trinajstić information content (AvgIpc) is 2.52. The van der Waals surface area contributed by atoms with Crippen LogP contribution in [0.25, 0.3) is 0 Å². The van der Waals surface area contributed by atoms with Crippen LogP contribution in [0.4, 0.5) is 0 Å². The summed E-state index contributed by atoms with van der Waals surface area (Å²) >= 11 is 0. The Morgan fingerprint density at radius 1 is 1.04 bits per heavy atom. The maximum atomic E-state index is 12.2. The van der Waals surface area contributed by atoms with E-state index >= 15 is 0 Å². The number of rotatable bonds is 5. The minimum Gasteiger partial charge on any atom is -0.481 e. The van der Waals surface area contributed by atoms with Crippen LogP contribution < -0.4 is 5.32 Å². The molecule has 0 unspecified atom stereocenters. The van der Waals surface area contributed by atoms with E-state index in [0.29, 0.717) is 51.2 Å². The highest BCUT2D eigenvalue weighted by molar-refractivity contribution is 7.88. The molecular weight excluding hydrogens is 320 g/mol. The van der Waals surface area contributed by atoms with E-state index in [1.807, 2.05) is 0 Å². The summed E-state index contributed by atoms with van der Waals surface area (Å²) in [6, 6.07) is 0. The highest BCUT2D eigenvalue weighted by Crippen LogP contribution is 2.29. The number of piperidine rings is 1. The van der Waals surface area contributed by atoms with Crippen LogP contribution in [0.3, 0.4) is 0 Å². The van der Waals surface area contributed by atoms with Gasteiger partial charge in [0.2, 0.25) is 15.9 Å². The Balaban J connectivity index is 1.69. The highest BCUT2D eigenvalue weighted by Gasteiger charge is 2.30. The average molecular weight is 346 g/mol. The summed E-state index contributed by atoms with van der Waals surface area (Å²) < 4.78 is 24.4. The van der Waals surface area contributed by atoms with E-state index in [1.165, 1.54) is 10.6 Å². The molecule has 2 fully saturated rings. The van der Waals surface area contributed by atoms with Crippen molar-refractivity contribution in [2.75, 3.05) is 25.9 Å². The fourth-order valence-corrected chi connectivity index (χ4v) is 4.31. The summed E-state index contributed by atoms with van der Waals surface area (Å²) in [6.07, 6.45) is 5.16. The first-order valence-corrected chi connectivity index (χ1v) is 10.1. The van der Waals surface area contributed by atoms with Gasteiger partial charge in [0.1, 0.15) is 0 Å².